The Hall–Kier alpha value is -1.23. The highest BCUT2D eigenvalue weighted by molar-refractivity contribution is 6.17. The maximum Gasteiger partial charge on any atom is 0.251 e. The van der Waals surface area contributed by atoms with E-state index in [-0.39, 0.29) is 5.56 Å². The quantitative estimate of drug-likeness (QED) is 0.665. The van der Waals surface area contributed by atoms with Gasteiger partial charge in [-0.3, -0.25) is 4.79 Å². The van der Waals surface area contributed by atoms with E-state index in [1.54, 1.807) is 13.8 Å². The van der Waals surface area contributed by atoms with E-state index < -0.39 is 28.9 Å². The maximum atomic E-state index is 13.0. The standard InChI is InChI=1S/C12H13ClF3NO/c1-12(2,3-4-13)17-11(18)7-5-8(14)10(16)9(15)6-7/h5-6H,3-4H2,1-2H3,(H,17,18). The molecule has 0 heterocycles. The lowest BCUT2D eigenvalue weighted by Gasteiger charge is -2.25. The van der Waals surface area contributed by atoms with Crippen LogP contribution < -0.4 is 5.32 Å². The van der Waals surface area contributed by atoms with Crippen LogP contribution in [0.15, 0.2) is 12.1 Å². The van der Waals surface area contributed by atoms with Crippen LogP contribution in [0.25, 0.3) is 0 Å². The highest BCUT2D eigenvalue weighted by Crippen LogP contribution is 2.15. The lowest BCUT2D eigenvalue weighted by atomic mass is 10.0. The molecule has 6 heteroatoms. The Morgan fingerprint density at radius 2 is 1.78 bits per heavy atom. The summed E-state index contributed by atoms with van der Waals surface area (Å²) in [4.78, 5) is 11.7. The smallest absolute Gasteiger partial charge is 0.251 e. The fourth-order valence-electron chi connectivity index (χ4n) is 1.36. The van der Waals surface area contributed by atoms with E-state index >= 15 is 0 Å². The molecule has 1 N–H and O–H groups in total. The molecule has 0 unspecified atom stereocenters. The van der Waals surface area contributed by atoms with Crippen molar-refractivity contribution in [1.82, 2.24) is 5.32 Å². The van der Waals surface area contributed by atoms with Crippen molar-refractivity contribution in [2.75, 3.05) is 5.88 Å². The number of carbonyl (C=O) groups is 1. The molecule has 0 aromatic heterocycles. The Balaban J connectivity index is 2.92. The molecule has 1 aromatic rings. The summed E-state index contributed by atoms with van der Waals surface area (Å²) in [5, 5.41) is 2.57. The fourth-order valence-corrected chi connectivity index (χ4v) is 1.84. The molecule has 0 radical (unpaired) electrons. The van der Waals surface area contributed by atoms with Gasteiger partial charge in [0.15, 0.2) is 17.5 Å². The van der Waals surface area contributed by atoms with Crippen molar-refractivity contribution in [3.8, 4) is 0 Å². The molecule has 0 saturated heterocycles. The van der Waals surface area contributed by atoms with Crippen molar-refractivity contribution >= 4 is 17.5 Å². The van der Waals surface area contributed by atoms with E-state index in [4.69, 9.17) is 11.6 Å². The number of nitrogens with one attached hydrogen (secondary N) is 1. The van der Waals surface area contributed by atoms with Gasteiger partial charge >= 0.3 is 0 Å². The van der Waals surface area contributed by atoms with Gasteiger partial charge in [-0.15, -0.1) is 11.6 Å². The maximum absolute atomic E-state index is 13.0. The Kier molecular flexibility index (Phi) is 4.62. The van der Waals surface area contributed by atoms with Gasteiger partial charge in [-0.1, -0.05) is 0 Å². The number of hydrogen-bond acceptors (Lipinski definition) is 1. The fraction of sp³-hybridized carbons (Fsp3) is 0.417. The van der Waals surface area contributed by atoms with E-state index in [9.17, 15) is 18.0 Å². The summed E-state index contributed by atoms with van der Waals surface area (Å²) in [6.45, 7) is 3.45. The zero-order valence-corrected chi connectivity index (χ0v) is 10.7. The molecule has 0 bridgehead atoms. The average Bonchev–Trinajstić information content (AvgIpc) is 2.24. The molecule has 0 atom stereocenters. The predicted molar refractivity (Wildman–Crippen MR) is 63.2 cm³/mol. The molecular weight excluding hydrogens is 267 g/mol. The van der Waals surface area contributed by atoms with Crippen LogP contribution in [0.1, 0.15) is 30.6 Å². The topological polar surface area (TPSA) is 29.1 Å². The van der Waals surface area contributed by atoms with E-state index in [0.717, 1.165) is 0 Å². The van der Waals surface area contributed by atoms with Crippen LogP contribution in [0, 0.1) is 17.5 Å². The van der Waals surface area contributed by atoms with Crippen molar-refractivity contribution < 1.29 is 18.0 Å². The van der Waals surface area contributed by atoms with E-state index in [0.29, 0.717) is 24.4 Å². The van der Waals surface area contributed by atoms with E-state index in [2.05, 4.69) is 5.32 Å². The highest BCUT2D eigenvalue weighted by atomic mass is 35.5. The van der Waals surface area contributed by atoms with Gasteiger partial charge in [0.2, 0.25) is 0 Å². The second kappa shape index (κ2) is 5.61. The van der Waals surface area contributed by atoms with Crippen LogP contribution >= 0.6 is 11.6 Å². The zero-order chi connectivity index (χ0) is 13.9. The van der Waals surface area contributed by atoms with Gasteiger partial charge < -0.3 is 5.32 Å². The lowest BCUT2D eigenvalue weighted by Crippen LogP contribution is -2.43. The van der Waals surface area contributed by atoms with Gasteiger partial charge in [-0.2, -0.15) is 0 Å². The molecule has 18 heavy (non-hydrogen) atoms. The molecule has 100 valence electrons. The normalized spacial score (nSPS) is 11.4. The minimum absolute atomic E-state index is 0.269. The van der Waals surface area contributed by atoms with Crippen LogP contribution in [0.3, 0.4) is 0 Å². The minimum atomic E-state index is -1.59. The summed E-state index contributed by atoms with van der Waals surface area (Å²) in [5.74, 6) is -4.72. The van der Waals surface area contributed by atoms with Crippen molar-refractivity contribution in [3.63, 3.8) is 0 Å². The van der Waals surface area contributed by atoms with Crippen LogP contribution in [-0.4, -0.2) is 17.3 Å². The summed E-state index contributed by atoms with van der Waals surface area (Å²) < 4.78 is 38.7. The molecule has 0 saturated carbocycles. The Morgan fingerprint density at radius 1 is 1.28 bits per heavy atom. The molecule has 1 aromatic carbocycles. The Morgan fingerprint density at radius 3 is 2.22 bits per heavy atom. The Bertz CT molecular complexity index is 440. The lowest BCUT2D eigenvalue weighted by molar-refractivity contribution is 0.0910. The first-order valence-electron chi connectivity index (χ1n) is 5.30. The van der Waals surface area contributed by atoms with Crippen LogP contribution in [-0.2, 0) is 0 Å². The average molecular weight is 280 g/mol. The number of hydrogen-bond donors (Lipinski definition) is 1. The molecule has 0 aliphatic carbocycles. The van der Waals surface area contributed by atoms with Gasteiger partial charge in [0.05, 0.1) is 0 Å². The van der Waals surface area contributed by atoms with Gasteiger partial charge in [0.1, 0.15) is 0 Å². The molecule has 0 spiro atoms. The second-order valence-corrected chi connectivity index (χ2v) is 4.91. The second-order valence-electron chi connectivity index (χ2n) is 4.53. The van der Waals surface area contributed by atoms with Crippen molar-refractivity contribution in [3.05, 3.63) is 35.1 Å². The summed E-state index contributed by atoms with van der Waals surface area (Å²) in [5.41, 5.74) is -0.880. The van der Waals surface area contributed by atoms with Crippen LogP contribution in [0.5, 0.6) is 0 Å². The van der Waals surface area contributed by atoms with E-state index in [1.807, 2.05) is 0 Å². The SMILES string of the molecule is CC(C)(CCCl)NC(=O)c1cc(F)c(F)c(F)c1. The summed E-state index contributed by atoms with van der Waals surface area (Å²) in [7, 11) is 0. The number of rotatable bonds is 4. The third kappa shape index (κ3) is 3.63. The molecule has 0 aliphatic rings. The first-order chi connectivity index (χ1) is 8.26. The molecule has 0 aliphatic heterocycles. The molecule has 2 nitrogen and oxygen atoms in total. The van der Waals surface area contributed by atoms with Crippen LogP contribution in [0.4, 0.5) is 13.2 Å². The Labute approximate surface area is 108 Å². The number of halogens is 4. The minimum Gasteiger partial charge on any atom is -0.347 e. The highest BCUT2D eigenvalue weighted by Gasteiger charge is 2.22. The van der Waals surface area contributed by atoms with E-state index in [1.165, 1.54) is 0 Å². The number of carbonyl (C=O) groups excluding carboxylic acids is 1. The van der Waals surface area contributed by atoms with Gasteiger partial charge in [-0.05, 0) is 32.4 Å². The molecule has 1 rings (SSSR count). The summed E-state index contributed by atoms with van der Waals surface area (Å²) in [6.07, 6.45) is 0.493. The number of alkyl halides is 1. The predicted octanol–water partition coefficient (Wildman–Crippen LogP) is 3.24. The van der Waals surface area contributed by atoms with Crippen molar-refractivity contribution in [1.29, 1.82) is 0 Å². The summed E-state index contributed by atoms with van der Waals surface area (Å²) >= 11 is 5.57. The zero-order valence-electron chi connectivity index (χ0n) is 9.99. The van der Waals surface area contributed by atoms with Crippen LogP contribution in [0.2, 0.25) is 0 Å². The number of benzene rings is 1. The first-order valence-corrected chi connectivity index (χ1v) is 5.83. The largest absolute Gasteiger partial charge is 0.347 e. The molecule has 1 amide bonds. The van der Waals surface area contributed by atoms with Gasteiger partial charge in [-0.25, -0.2) is 13.2 Å². The van der Waals surface area contributed by atoms with Gasteiger partial charge in [0, 0.05) is 17.0 Å². The molecular formula is C12H13ClF3NO. The van der Waals surface area contributed by atoms with Crippen molar-refractivity contribution in [2.24, 2.45) is 0 Å². The number of amides is 1. The van der Waals surface area contributed by atoms with Crippen molar-refractivity contribution in [2.45, 2.75) is 25.8 Å². The third-order valence-electron chi connectivity index (χ3n) is 2.42. The third-order valence-corrected chi connectivity index (χ3v) is 2.61. The molecule has 0 fully saturated rings. The monoisotopic (exact) mass is 279 g/mol. The first kappa shape index (κ1) is 14.8. The summed E-state index contributed by atoms with van der Waals surface area (Å²) in [6, 6.07) is 1.31. The van der Waals surface area contributed by atoms with Gasteiger partial charge in [0.25, 0.3) is 5.91 Å².